The van der Waals surface area contributed by atoms with Crippen LogP contribution in [0.4, 0.5) is 0 Å². The third-order valence-corrected chi connectivity index (χ3v) is 4.01. The van der Waals surface area contributed by atoms with Gasteiger partial charge in [0.15, 0.2) is 0 Å². The molecule has 1 unspecified atom stereocenters. The summed E-state index contributed by atoms with van der Waals surface area (Å²) < 4.78 is 5.51. The van der Waals surface area contributed by atoms with E-state index in [0.717, 1.165) is 25.1 Å². The lowest BCUT2D eigenvalue weighted by atomic mass is 9.94. The normalized spacial score (nSPS) is 18.2. The Kier molecular flexibility index (Phi) is 4.60. The Labute approximate surface area is 135 Å². The molecular formula is C17H22N4O2. The van der Waals surface area contributed by atoms with E-state index >= 15 is 0 Å². The molecule has 0 radical (unpaired) electrons. The van der Waals surface area contributed by atoms with Crippen molar-refractivity contribution in [2.45, 2.75) is 38.7 Å². The van der Waals surface area contributed by atoms with E-state index in [-0.39, 0.29) is 12.0 Å². The summed E-state index contributed by atoms with van der Waals surface area (Å²) in [6, 6.07) is 5.52. The molecule has 0 saturated carbocycles. The van der Waals surface area contributed by atoms with Gasteiger partial charge in [-0.25, -0.2) is 4.98 Å². The second-order valence-corrected chi connectivity index (χ2v) is 6.15. The lowest BCUT2D eigenvalue weighted by Gasteiger charge is -2.32. The first kappa shape index (κ1) is 15.5. The average Bonchev–Trinajstić information content (AvgIpc) is 3.09. The first-order chi connectivity index (χ1) is 11.1. The van der Waals surface area contributed by atoms with Crippen molar-refractivity contribution < 1.29 is 9.53 Å². The first-order valence-electron chi connectivity index (χ1n) is 8.04. The molecule has 0 spiro atoms. The lowest BCUT2D eigenvalue weighted by Crippen LogP contribution is -2.39. The SMILES string of the molecule is CC(C)Oc1ccc(C(=O)N2CCCC(c3ccn[nH]3)C2)cn1. The third-order valence-electron chi connectivity index (χ3n) is 4.01. The third kappa shape index (κ3) is 3.70. The minimum absolute atomic E-state index is 0.0258. The van der Waals surface area contributed by atoms with Crippen LogP contribution in [0.5, 0.6) is 5.88 Å². The fourth-order valence-electron chi connectivity index (χ4n) is 2.91. The Morgan fingerprint density at radius 2 is 2.26 bits per heavy atom. The largest absolute Gasteiger partial charge is 0.475 e. The maximum absolute atomic E-state index is 12.7. The number of nitrogens with zero attached hydrogens (tertiary/aromatic N) is 3. The number of H-pyrrole nitrogens is 1. The van der Waals surface area contributed by atoms with Gasteiger partial charge >= 0.3 is 0 Å². The molecule has 2 aromatic rings. The molecule has 1 saturated heterocycles. The molecule has 1 aliphatic heterocycles. The molecule has 1 aliphatic rings. The van der Waals surface area contributed by atoms with Gasteiger partial charge in [0.1, 0.15) is 0 Å². The molecule has 0 bridgehead atoms. The number of hydrogen-bond donors (Lipinski definition) is 1. The van der Waals surface area contributed by atoms with Crippen molar-refractivity contribution in [1.29, 1.82) is 0 Å². The van der Waals surface area contributed by atoms with Gasteiger partial charge in [0, 0.05) is 43.2 Å². The van der Waals surface area contributed by atoms with Crippen LogP contribution in [0.3, 0.4) is 0 Å². The number of carbonyl (C=O) groups excluding carboxylic acids is 1. The number of piperidine rings is 1. The maximum atomic E-state index is 12.7. The number of pyridine rings is 1. The Morgan fingerprint density at radius 3 is 2.91 bits per heavy atom. The van der Waals surface area contributed by atoms with Crippen molar-refractivity contribution in [3.63, 3.8) is 0 Å². The van der Waals surface area contributed by atoms with Crippen LogP contribution in [0.2, 0.25) is 0 Å². The summed E-state index contributed by atoms with van der Waals surface area (Å²) in [6.45, 7) is 5.40. The van der Waals surface area contributed by atoms with Gasteiger partial charge in [0.25, 0.3) is 5.91 Å². The molecule has 0 aromatic carbocycles. The van der Waals surface area contributed by atoms with E-state index in [1.807, 2.05) is 24.8 Å². The summed E-state index contributed by atoms with van der Waals surface area (Å²) in [5.74, 6) is 0.898. The zero-order valence-electron chi connectivity index (χ0n) is 13.5. The fraction of sp³-hybridized carbons (Fsp3) is 0.471. The van der Waals surface area contributed by atoms with Crippen LogP contribution in [-0.4, -0.2) is 45.2 Å². The Balaban J connectivity index is 1.67. The molecule has 1 amide bonds. The van der Waals surface area contributed by atoms with Gasteiger partial charge in [0.2, 0.25) is 5.88 Å². The second kappa shape index (κ2) is 6.81. The van der Waals surface area contributed by atoms with Crippen molar-refractivity contribution in [2.75, 3.05) is 13.1 Å². The van der Waals surface area contributed by atoms with E-state index in [9.17, 15) is 4.79 Å². The van der Waals surface area contributed by atoms with E-state index in [1.54, 1.807) is 24.5 Å². The average molecular weight is 314 g/mol. The topological polar surface area (TPSA) is 71.1 Å². The highest BCUT2D eigenvalue weighted by atomic mass is 16.5. The van der Waals surface area contributed by atoms with Crippen LogP contribution < -0.4 is 4.74 Å². The zero-order valence-corrected chi connectivity index (χ0v) is 13.5. The summed E-state index contributed by atoms with van der Waals surface area (Å²) in [6.07, 6.45) is 5.50. The smallest absolute Gasteiger partial charge is 0.255 e. The van der Waals surface area contributed by atoms with E-state index in [0.29, 0.717) is 23.9 Å². The van der Waals surface area contributed by atoms with Crippen molar-refractivity contribution in [3.05, 3.63) is 41.9 Å². The van der Waals surface area contributed by atoms with E-state index in [1.165, 1.54) is 0 Å². The minimum atomic E-state index is 0.0258. The predicted octanol–water partition coefficient (Wildman–Crippen LogP) is 2.61. The van der Waals surface area contributed by atoms with Gasteiger partial charge in [-0.05, 0) is 38.8 Å². The quantitative estimate of drug-likeness (QED) is 0.941. The van der Waals surface area contributed by atoms with Gasteiger partial charge in [-0.1, -0.05) is 0 Å². The van der Waals surface area contributed by atoms with Crippen LogP contribution in [-0.2, 0) is 0 Å². The van der Waals surface area contributed by atoms with Crippen molar-refractivity contribution in [3.8, 4) is 5.88 Å². The number of amides is 1. The van der Waals surface area contributed by atoms with Crippen LogP contribution in [0.1, 0.15) is 48.7 Å². The summed E-state index contributed by atoms with van der Waals surface area (Å²) in [7, 11) is 0. The summed E-state index contributed by atoms with van der Waals surface area (Å²) >= 11 is 0. The molecule has 1 N–H and O–H groups in total. The minimum Gasteiger partial charge on any atom is -0.475 e. The summed E-state index contributed by atoms with van der Waals surface area (Å²) in [4.78, 5) is 18.8. The molecule has 23 heavy (non-hydrogen) atoms. The van der Waals surface area contributed by atoms with E-state index in [4.69, 9.17) is 4.74 Å². The number of aromatic amines is 1. The number of ether oxygens (including phenoxy) is 1. The number of nitrogens with one attached hydrogen (secondary N) is 1. The Morgan fingerprint density at radius 1 is 1.39 bits per heavy atom. The van der Waals surface area contributed by atoms with Crippen molar-refractivity contribution >= 4 is 5.91 Å². The molecule has 1 atom stereocenters. The predicted molar refractivity (Wildman–Crippen MR) is 86.5 cm³/mol. The molecule has 2 aromatic heterocycles. The molecule has 6 heteroatoms. The van der Waals surface area contributed by atoms with Crippen LogP contribution in [0.15, 0.2) is 30.6 Å². The van der Waals surface area contributed by atoms with Crippen molar-refractivity contribution in [1.82, 2.24) is 20.1 Å². The highest BCUT2D eigenvalue weighted by Crippen LogP contribution is 2.26. The fourth-order valence-corrected chi connectivity index (χ4v) is 2.91. The molecular weight excluding hydrogens is 292 g/mol. The number of hydrogen-bond acceptors (Lipinski definition) is 4. The summed E-state index contributed by atoms with van der Waals surface area (Å²) in [5.41, 5.74) is 1.70. The molecule has 6 nitrogen and oxygen atoms in total. The highest BCUT2D eigenvalue weighted by molar-refractivity contribution is 5.94. The van der Waals surface area contributed by atoms with E-state index < -0.39 is 0 Å². The van der Waals surface area contributed by atoms with Crippen LogP contribution in [0.25, 0.3) is 0 Å². The number of aromatic nitrogens is 3. The van der Waals surface area contributed by atoms with Gasteiger partial charge in [-0.3, -0.25) is 9.89 Å². The van der Waals surface area contributed by atoms with Crippen molar-refractivity contribution in [2.24, 2.45) is 0 Å². The van der Waals surface area contributed by atoms with Crippen LogP contribution >= 0.6 is 0 Å². The first-order valence-corrected chi connectivity index (χ1v) is 8.04. The Hall–Kier alpha value is -2.37. The van der Waals surface area contributed by atoms with Gasteiger partial charge < -0.3 is 9.64 Å². The zero-order chi connectivity index (χ0) is 16.2. The number of carbonyl (C=O) groups is 1. The van der Waals surface area contributed by atoms with Gasteiger partial charge in [-0.2, -0.15) is 5.10 Å². The molecule has 1 fully saturated rings. The highest BCUT2D eigenvalue weighted by Gasteiger charge is 2.26. The summed E-state index contributed by atoms with van der Waals surface area (Å²) in [5, 5.41) is 7.02. The molecule has 0 aliphatic carbocycles. The second-order valence-electron chi connectivity index (χ2n) is 6.15. The lowest BCUT2D eigenvalue weighted by molar-refractivity contribution is 0.0705. The maximum Gasteiger partial charge on any atom is 0.255 e. The monoisotopic (exact) mass is 314 g/mol. The Bertz CT molecular complexity index is 637. The van der Waals surface area contributed by atoms with E-state index in [2.05, 4.69) is 15.2 Å². The molecule has 3 heterocycles. The van der Waals surface area contributed by atoms with Gasteiger partial charge in [-0.15, -0.1) is 0 Å². The van der Waals surface area contributed by atoms with Gasteiger partial charge in [0.05, 0.1) is 11.7 Å². The molecule has 3 rings (SSSR count). The number of rotatable bonds is 4. The number of likely N-dealkylation sites (tertiary alicyclic amines) is 1. The van der Waals surface area contributed by atoms with Crippen LogP contribution in [0, 0.1) is 0 Å². The molecule has 122 valence electrons. The standard InChI is InChI=1S/C17H22N4O2/c1-12(2)23-16-6-5-13(10-18-16)17(22)21-9-3-4-14(11-21)15-7-8-19-20-15/h5-8,10,12,14H,3-4,9,11H2,1-2H3,(H,19,20).